The molecule has 24 heteroatoms. The molecule has 4 aromatic rings. The zero-order valence-corrected chi connectivity index (χ0v) is 49.9. The Morgan fingerprint density at radius 3 is 2.30 bits per heavy atom. The fourth-order valence-corrected chi connectivity index (χ4v) is 12.8. The molecule has 6 atom stereocenters. The Bertz CT molecular complexity index is 3250. The predicted octanol–water partition coefficient (Wildman–Crippen LogP) is 6.66. The van der Waals surface area contributed by atoms with Crippen molar-refractivity contribution in [3.63, 3.8) is 0 Å². The minimum atomic E-state index is -3.33. The molecule has 0 radical (unpaired) electrons. The summed E-state index contributed by atoms with van der Waals surface area (Å²) in [5.41, 5.74) is 7.29. The number of aliphatic hydroxyl groups is 1. The van der Waals surface area contributed by atoms with Crippen molar-refractivity contribution in [2.24, 2.45) is 11.1 Å². The fraction of sp³-hybridized carbons (Fsp3) is 0.484. The van der Waals surface area contributed by atoms with Gasteiger partial charge in [0, 0.05) is 79.3 Å². The summed E-state index contributed by atoms with van der Waals surface area (Å²) in [6.07, 6.45) is 8.66. The van der Waals surface area contributed by atoms with Crippen molar-refractivity contribution in [2.45, 2.75) is 133 Å². The van der Waals surface area contributed by atoms with Gasteiger partial charge in [0.05, 0.1) is 31.5 Å². The van der Waals surface area contributed by atoms with Crippen molar-refractivity contribution >= 4 is 89.3 Å². The Morgan fingerprint density at radius 1 is 0.860 bits per heavy atom. The minimum absolute atomic E-state index is 0.131. The number of aliphatic hydroxyl groups excluding tert-OH is 1. The van der Waals surface area contributed by atoms with Gasteiger partial charge in [-0.1, -0.05) is 42.8 Å². The van der Waals surface area contributed by atoms with E-state index in [9.17, 15) is 52.9 Å². The largest absolute Gasteiger partial charge is 0.493 e. The summed E-state index contributed by atoms with van der Waals surface area (Å²) in [5, 5.41) is 22.0. The van der Waals surface area contributed by atoms with Crippen LogP contribution in [-0.2, 0) is 49.5 Å². The number of esters is 1. The van der Waals surface area contributed by atoms with Gasteiger partial charge in [0.25, 0.3) is 17.7 Å². The van der Waals surface area contributed by atoms with Crippen LogP contribution in [0.4, 0.5) is 11.4 Å². The maximum Gasteiger partial charge on any atom is 0.365 e. The molecule has 0 aromatic heterocycles. The van der Waals surface area contributed by atoms with E-state index in [1.54, 1.807) is 52.3 Å². The van der Waals surface area contributed by atoms with Crippen molar-refractivity contribution < 1.29 is 71.7 Å². The van der Waals surface area contributed by atoms with Gasteiger partial charge in [0.1, 0.15) is 29.7 Å². The molecule has 1 saturated carbocycles. The first-order chi connectivity index (χ1) is 41.6. The number of benzene rings is 4. The Labute approximate surface area is 504 Å². The second kappa shape index (κ2) is 28.9. The number of alkyl halides is 1. The summed E-state index contributed by atoms with van der Waals surface area (Å²) in [5.74, 6) is -3.83. The third-order valence-electron chi connectivity index (χ3n) is 17.0. The molecule has 22 nitrogen and oxygen atoms in total. The van der Waals surface area contributed by atoms with Gasteiger partial charge >= 0.3 is 14.2 Å². The highest BCUT2D eigenvalue weighted by Gasteiger charge is 2.52. The third-order valence-corrected chi connectivity index (χ3v) is 17.8. The molecule has 86 heavy (non-hydrogen) atoms. The number of carbonyl (C=O) groups excluding carboxylic acids is 8. The molecule has 1 saturated heterocycles. The number of nitrogens with zero attached hydrogens (tertiary/aromatic N) is 3. The molecule has 7 amide bonds. The molecule has 4 aliphatic heterocycles. The van der Waals surface area contributed by atoms with Crippen molar-refractivity contribution in [3.05, 3.63) is 101 Å². The number of ether oxygens (including phenoxy) is 3. The van der Waals surface area contributed by atoms with E-state index in [2.05, 4.69) is 16.0 Å². The number of unbranched alkanes of at least 4 members (excludes halogenated alkanes) is 5. The van der Waals surface area contributed by atoms with Crippen LogP contribution in [-0.4, -0.2) is 138 Å². The van der Waals surface area contributed by atoms with Gasteiger partial charge in [-0.15, -0.1) is 11.6 Å². The number of nitrogens with two attached hydrogens (primary N) is 1. The molecular formula is C62H75ClN7O15P. The second-order valence-corrected chi connectivity index (χ2v) is 23.6. The van der Waals surface area contributed by atoms with Crippen LogP contribution in [0.25, 0.3) is 10.8 Å². The average Bonchev–Trinajstić information content (AvgIpc) is 1.62. The standard InChI is InChI=1S/C62H75ClN7O15P/c1-82-49-33-44-43(32-50(49)83-31-11-2-4-18-51(71)70-36-39(35-63)54-42-15-6-5-14-41(42)48(34-47(54)70)85-86(80)81)55(56(74)46-17-12-30-68(46)58(44)76)59(77)84-37-38-19-21-40(22-20-38)66-57(75)45(16-7-8-27-64)67-61(79)62(25-13-26-62)60(78)65-28-9-3-10-29-69-52(72)23-24-53(69)73/h5-6,14-15,19-24,32-34,39,45-46,55-56,74,86H,2-4,7-13,16-18,25-31,35-37,64H2,1H3,(H,65,78)(H,66,75)(H,67,79)(H,80,81)/t39-,45+,46+,55?,56?/m1/s1. The lowest BCUT2D eigenvalue weighted by Gasteiger charge is -2.39. The van der Waals surface area contributed by atoms with Crippen LogP contribution in [0.3, 0.4) is 0 Å². The molecule has 2 fully saturated rings. The topological polar surface area (TPSA) is 303 Å². The molecule has 4 aromatic carbocycles. The first-order valence-corrected chi connectivity index (χ1v) is 31.4. The lowest BCUT2D eigenvalue weighted by atomic mass is 9.67. The van der Waals surface area contributed by atoms with Crippen LogP contribution >= 0.6 is 19.9 Å². The Morgan fingerprint density at radius 2 is 1.60 bits per heavy atom. The molecule has 0 bridgehead atoms. The zero-order chi connectivity index (χ0) is 61.1. The molecule has 460 valence electrons. The van der Waals surface area contributed by atoms with Gasteiger partial charge in [-0.3, -0.25) is 43.3 Å². The first-order valence-electron chi connectivity index (χ1n) is 29.6. The van der Waals surface area contributed by atoms with E-state index in [4.69, 9.17) is 36.1 Å². The van der Waals surface area contributed by atoms with Crippen LogP contribution in [0, 0.1) is 5.41 Å². The zero-order valence-electron chi connectivity index (χ0n) is 48.2. The molecule has 1 aliphatic carbocycles. The Hall–Kier alpha value is -7.36. The summed E-state index contributed by atoms with van der Waals surface area (Å²) >= 11 is 6.43. The highest BCUT2D eigenvalue weighted by molar-refractivity contribution is 7.32. The summed E-state index contributed by atoms with van der Waals surface area (Å²) in [4.78, 5) is 121. The number of imide groups is 1. The number of hydrogen-bond acceptors (Lipinski definition) is 15. The monoisotopic (exact) mass is 1220 g/mol. The normalized spacial score (nSPS) is 19.9. The average molecular weight is 1220 g/mol. The van der Waals surface area contributed by atoms with Crippen LogP contribution in [0.2, 0.25) is 0 Å². The van der Waals surface area contributed by atoms with Crippen molar-refractivity contribution in [2.75, 3.05) is 62.5 Å². The summed E-state index contributed by atoms with van der Waals surface area (Å²) < 4.78 is 35.0. The van der Waals surface area contributed by atoms with Crippen molar-refractivity contribution in [1.29, 1.82) is 0 Å². The molecule has 5 aliphatic rings. The van der Waals surface area contributed by atoms with E-state index in [1.165, 1.54) is 30.2 Å². The highest BCUT2D eigenvalue weighted by atomic mass is 35.5. The van der Waals surface area contributed by atoms with Gasteiger partial charge in [-0.25, -0.2) is 4.57 Å². The predicted molar refractivity (Wildman–Crippen MR) is 320 cm³/mol. The number of carbonyl (C=O) groups is 8. The number of hydrogen-bond donors (Lipinski definition) is 6. The quantitative estimate of drug-likeness (QED) is 0.00827. The number of rotatable bonds is 29. The summed E-state index contributed by atoms with van der Waals surface area (Å²) in [6.45, 7) is 1.69. The fourth-order valence-electron chi connectivity index (χ4n) is 12.2. The van der Waals surface area contributed by atoms with Gasteiger partial charge < -0.3 is 60.2 Å². The molecule has 0 spiro atoms. The summed E-state index contributed by atoms with van der Waals surface area (Å²) in [6, 6.07) is 17.0. The molecular weight excluding hydrogens is 1150 g/mol. The van der Waals surface area contributed by atoms with E-state index < -0.39 is 61.5 Å². The van der Waals surface area contributed by atoms with Crippen molar-refractivity contribution in [1.82, 2.24) is 20.4 Å². The minimum Gasteiger partial charge on any atom is -0.493 e. The lowest BCUT2D eigenvalue weighted by molar-refractivity contribution is -0.151. The number of methoxy groups -OCH3 is 1. The maximum absolute atomic E-state index is 14.3. The first kappa shape index (κ1) is 63.2. The van der Waals surface area contributed by atoms with Crippen LogP contribution < -0.4 is 40.6 Å². The van der Waals surface area contributed by atoms with Gasteiger partial charge in [-0.05, 0) is 136 Å². The number of nitrogens with one attached hydrogen (secondary N) is 3. The third kappa shape index (κ3) is 14.1. The van der Waals surface area contributed by atoms with Crippen LogP contribution in [0.15, 0.2) is 78.9 Å². The molecule has 9 rings (SSSR count). The van der Waals surface area contributed by atoms with E-state index >= 15 is 0 Å². The number of halogens is 1. The maximum atomic E-state index is 14.3. The molecule has 4 heterocycles. The number of fused-ring (bicyclic) bond motifs is 5. The Balaban J connectivity index is 0.791. The van der Waals surface area contributed by atoms with E-state index in [1.807, 2.05) is 18.2 Å². The van der Waals surface area contributed by atoms with Gasteiger partial charge in [0.2, 0.25) is 23.6 Å². The lowest BCUT2D eigenvalue weighted by Crippen LogP contribution is -2.58. The molecule has 7 N–H and O–H groups in total. The summed E-state index contributed by atoms with van der Waals surface area (Å²) in [7, 11) is -1.89. The van der Waals surface area contributed by atoms with E-state index in [-0.39, 0.29) is 96.4 Å². The van der Waals surface area contributed by atoms with E-state index in [0.29, 0.717) is 132 Å². The SMILES string of the molecule is COc1cc2c(cc1OCCCCCC(=O)N1C[C@@H](CCl)c3c1cc(O[PH](=O)O)c1ccccc31)C(C(=O)OCc1ccc(NC(=O)[C@H](CCCCN)NC(=O)C3(C(=O)NCCCCCN4C(=O)C=CC4=O)CCC3)cc1)C(O)[C@@H]1CCCN1C2=O. The number of amides is 7. The van der Waals surface area contributed by atoms with Gasteiger partial charge in [-0.2, -0.15) is 0 Å². The van der Waals surface area contributed by atoms with Crippen molar-refractivity contribution in [3.8, 4) is 17.2 Å². The highest BCUT2D eigenvalue weighted by Crippen LogP contribution is 2.48. The smallest absolute Gasteiger partial charge is 0.365 e. The van der Waals surface area contributed by atoms with E-state index in [0.717, 1.165) is 10.9 Å². The molecule has 3 unspecified atom stereocenters. The number of anilines is 2. The van der Waals surface area contributed by atoms with Crippen LogP contribution in [0.1, 0.15) is 135 Å². The second-order valence-electron chi connectivity index (χ2n) is 22.5. The Kier molecular flexibility index (Phi) is 21.2. The van der Waals surface area contributed by atoms with Gasteiger partial charge in [0.15, 0.2) is 11.5 Å². The van der Waals surface area contributed by atoms with Crippen LogP contribution in [0.5, 0.6) is 17.2 Å².